The van der Waals surface area contributed by atoms with Gasteiger partial charge in [-0.15, -0.1) is 0 Å². The third kappa shape index (κ3) is 4.40. The Hall–Kier alpha value is -3.15. The molecule has 6 nitrogen and oxygen atoms in total. The fourth-order valence-electron chi connectivity index (χ4n) is 4.65. The maximum Gasteiger partial charge on any atom is 0.407 e. The van der Waals surface area contributed by atoms with Crippen molar-refractivity contribution in [1.82, 2.24) is 10.2 Å². The van der Waals surface area contributed by atoms with Crippen LogP contribution in [-0.2, 0) is 9.53 Å². The molecular weight excluding hydrogens is 402 g/mol. The molecule has 1 fully saturated rings. The highest BCUT2D eigenvalue weighted by Gasteiger charge is 2.38. The van der Waals surface area contributed by atoms with Crippen molar-refractivity contribution >= 4 is 34.1 Å². The highest BCUT2D eigenvalue weighted by atomic mass is 16.5. The number of hydrogen-bond acceptors (Lipinski definition) is 4. The Labute approximate surface area is 189 Å². The van der Waals surface area contributed by atoms with Gasteiger partial charge in [-0.25, -0.2) is 4.79 Å². The van der Waals surface area contributed by atoms with E-state index >= 15 is 0 Å². The zero-order chi connectivity index (χ0) is 22.8. The summed E-state index contributed by atoms with van der Waals surface area (Å²) in [6.07, 6.45) is 3.93. The van der Waals surface area contributed by atoms with Gasteiger partial charge in [0, 0.05) is 24.9 Å². The highest BCUT2D eigenvalue weighted by Crippen LogP contribution is 2.32. The maximum atomic E-state index is 13.3. The normalized spacial score (nSPS) is 19.2. The summed E-state index contributed by atoms with van der Waals surface area (Å²) in [7, 11) is 1.31. The van der Waals surface area contributed by atoms with Gasteiger partial charge >= 0.3 is 6.09 Å². The molecule has 2 heterocycles. The van der Waals surface area contributed by atoms with Crippen LogP contribution in [0.25, 0.3) is 16.3 Å². The second kappa shape index (κ2) is 9.15. The van der Waals surface area contributed by atoms with Crippen LogP contribution in [0.5, 0.6) is 0 Å². The molecule has 0 aromatic heterocycles. The van der Waals surface area contributed by atoms with E-state index in [0.29, 0.717) is 6.54 Å². The minimum atomic E-state index is -0.610. The summed E-state index contributed by atoms with van der Waals surface area (Å²) >= 11 is 0. The van der Waals surface area contributed by atoms with Crippen LogP contribution in [0.2, 0.25) is 0 Å². The summed E-state index contributed by atoms with van der Waals surface area (Å²) in [5.74, 6) is -0.103. The first kappa shape index (κ1) is 22.1. The first-order valence-corrected chi connectivity index (χ1v) is 11.3. The number of rotatable bonds is 5. The van der Waals surface area contributed by atoms with Crippen molar-refractivity contribution in [3.05, 3.63) is 53.7 Å². The number of carbonyl (C=O) groups is 2. The van der Waals surface area contributed by atoms with Crippen molar-refractivity contribution in [2.45, 2.75) is 52.1 Å². The Morgan fingerprint density at radius 3 is 2.66 bits per heavy atom. The van der Waals surface area contributed by atoms with Crippen molar-refractivity contribution in [2.75, 3.05) is 13.7 Å². The Balaban J connectivity index is 1.48. The van der Waals surface area contributed by atoms with E-state index < -0.39 is 12.1 Å². The lowest BCUT2D eigenvalue weighted by Crippen LogP contribution is -2.53. The molecule has 2 aromatic rings. The minimum Gasteiger partial charge on any atom is -0.453 e. The summed E-state index contributed by atoms with van der Waals surface area (Å²) < 4.78 is 4.72. The van der Waals surface area contributed by atoms with Crippen molar-refractivity contribution in [1.29, 1.82) is 0 Å². The summed E-state index contributed by atoms with van der Waals surface area (Å²) in [5.41, 5.74) is 4.62. The molecule has 6 heteroatoms. The number of nitrogens with zero attached hydrogens (tertiary/aromatic N) is 2. The van der Waals surface area contributed by atoms with E-state index in [-0.39, 0.29) is 17.9 Å². The van der Waals surface area contributed by atoms with E-state index in [2.05, 4.69) is 48.6 Å². The number of nitrogens with one attached hydrogen (secondary N) is 1. The number of hydrogen-bond donors (Lipinski definition) is 1. The molecule has 2 atom stereocenters. The van der Waals surface area contributed by atoms with Crippen molar-refractivity contribution in [3.63, 3.8) is 0 Å². The molecule has 0 aliphatic carbocycles. The maximum absolute atomic E-state index is 13.3. The minimum absolute atomic E-state index is 0.0277. The topological polar surface area (TPSA) is 71.0 Å². The van der Waals surface area contributed by atoms with E-state index in [4.69, 9.17) is 9.73 Å². The van der Waals surface area contributed by atoms with Gasteiger partial charge in [-0.2, -0.15) is 0 Å². The number of amides is 2. The SMILES string of the molecule is COC(=O)N[C@H](C(=O)N1CCC[C@H]1C1=NC=C(c2ccc3cc(C)ccc3c2)C1)C(C)C. The van der Waals surface area contributed by atoms with Crippen LogP contribution in [0.3, 0.4) is 0 Å². The summed E-state index contributed by atoms with van der Waals surface area (Å²) in [5, 5.41) is 5.16. The fourth-order valence-corrected chi connectivity index (χ4v) is 4.65. The molecule has 0 radical (unpaired) electrons. The summed E-state index contributed by atoms with van der Waals surface area (Å²) in [6, 6.07) is 12.4. The van der Waals surface area contributed by atoms with Crippen molar-refractivity contribution in [2.24, 2.45) is 10.9 Å². The van der Waals surface area contributed by atoms with Gasteiger partial charge in [0.25, 0.3) is 0 Å². The molecule has 2 aromatic carbocycles. The van der Waals surface area contributed by atoms with Crippen LogP contribution in [0.15, 0.2) is 47.6 Å². The van der Waals surface area contributed by atoms with Gasteiger partial charge in [-0.05, 0) is 53.7 Å². The predicted octanol–water partition coefficient (Wildman–Crippen LogP) is 4.71. The number of aryl methyl sites for hydroxylation is 1. The van der Waals surface area contributed by atoms with Crippen molar-refractivity contribution in [3.8, 4) is 0 Å². The number of benzene rings is 2. The average Bonchev–Trinajstić information content (AvgIpc) is 3.45. The average molecular weight is 434 g/mol. The summed E-state index contributed by atoms with van der Waals surface area (Å²) in [4.78, 5) is 31.7. The Morgan fingerprint density at radius 2 is 1.91 bits per heavy atom. The number of aliphatic imine (C=N–C) groups is 1. The Bertz CT molecular complexity index is 1100. The standard InChI is InChI=1S/C26H31N3O3/c1-16(2)24(28-26(31)32-4)25(30)29-11-5-6-23(29)22-14-21(15-27-22)20-10-9-18-12-17(3)7-8-19(18)13-20/h7-10,12-13,15-16,23-24H,5-6,11,14H2,1-4H3,(H,28,31)/t23-,24-/m0/s1. The molecule has 168 valence electrons. The molecule has 32 heavy (non-hydrogen) atoms. The molecule has 2 aliphatic rings. The number of likely N-dealkylation sites (tertiary alicyclic amines) is 1. The molecular formula is C26H31N3O3. The van der Waals surface area contributed by atoms with Gasteiger partial charge in [0.15, 0.2) is 0 Å². The number of alkyl carbamates (subject to hydrolysis) is 1. The monoisotopic (exact) mass is 433 g/mol. The van der Waals surface area contributed by atoms with Gasteiger partial charge in [-0.3, -0.25) is 9.79 Å². The van der Waals surface area contributed by atoms with Crippen LogP contribution in [-0.4, -0.2) is 48.4 Å². The van der Waals surface area contributed by atoms with E-state index in [0.717, 1.165) is 25.0 Å². The Morgan fingerprint density at radius 1 is 1.16 bits per heavy atom. The first-order valence-electron chi connectivity index (χ1n) is 11.3. The largest absolute Gasteiger partial charge is 0.453 e. The van der Waals surface area contributed by atoms with Gasteiger partial charge in [-0.1, -0.05) is 49.7 Å². The van der Waals surface area contributed by atoms with E-state index in [1.807, 2.05) is 24.9 Å². The quantitative estimate of drug-likeness (QED) is 0.743. The molecule has 0 saturated carbocycles. The lowest BCUT2D eigenvalue weighted by Gasteiger charge is -2.31. The first-order chi connectivity index (χ1) is 15.4. The van der Waals surface area contributed by atoms with Gasteiger partial charge in [0.2, 0.25) is 5.91 Å². The zero-order valence-electron chi connectivity index (χ0n) is 19.2. The second-order valence-corrected chi connectivity index (χ2v) is 9.06. The van der Waals surface area contributed by atoms with Crippen LogP contribution in [0, 0.1) is 12.8 Å². The van der Waals surface area contributed by atoms with Gasteiger partial charge < -0.3 is 15.0 Å². The molecule has 1 N–H and O–H groups in total. The van der Waals surface area contributed by atoms with Crippen LogP contribution in [0.4, 0.5) is 4.79 Å². The molecule has 2 aliphatic heterocycles. The Kier molecular flexibility index (Phi) is 6.31. The predicted molar refractivity (Wildman–Crippen MR) is 128 cm³/mol. The number of carbonyl (C=O) groups excluding carboxylic acids is 2. The molecule has 2 amide bonds. The third-order valence-electron chi connectivity index (χ3n) is 6.44. The lowest BCUT2D eigenvalue weighted by atomic mass is 9.95. The molecule has 0 unspecified atom stereocenters. The van der Waals surface area contributed by atoms with E-state index in [9.17, 15) is 9.59 Å². The van der Waals surface area contributed by atoms with Gasteiger partial charge in [0.05, 0.1) is 13.2 Å². The van der Waals surface area contributed by atoms with Gasteiger partial charge in [0.1, 0.15) is 6.04 Å². The van der Waals surface area contributed by atoms with Crippen LogP contribution in [0.1, 0.15) is 44.2 Å². The van der Waals surface area contributed by atoms with E-state index in [1.165, 1.54) is 34.6 Å². The number of allylic oxidation sites excluding steroid dienone is 1. The molecule has 0 spiro atoms. The third-order valence-corrected chi connectivity index (χ3v) is 6.44. The van der Waals surface area contributed by atoms with Crippen molar-refractivity contribution < 1.29 is 14.3 Å². The lowest BCUT2D eigenvalue weighted by molar-refractivity contribution is -0.134. The van der Waals surface area contributed by atoms with Crippen LogP contribution < -0.4 is 5.32 Å². The smallest absolute Gasteiger partial charge is 0.407 e. The number of fused-ring (bicyclic) bond motifs is 1. The number of ether oxygens (including phenoxy) is 1. The second-order valence-electron chi connectivity index (χ2n) is 9.06. The molecule has 1 saturated heterocycles. The molecule has 4 rings (SSSR count). The fraction of sp³-hybridized carbons (Fsp3) is 0.423. The van der Waals surface area contributed by atoms with E-state index in [1.54, 1.807) is 0 Å². The number of methoxy groups -OCH3 is 1. The zero-order valence-corrected chi connectivity index (χ0v) is 19.2. The molecule has 0 bridgehead atoms. The summed E-state index contributed by atoms with van der Waals surface area (Å²) in [6.45, 7) is 6.64. The highest BCUT2D eigenvalue weighted by molar-refractivity contribution is 6.04. The van der Waals surface area contributed by atoms with Crippen LogP contribution >= 0.6 is 0 Å².